The van der Waals surface area contributed by atoms with Crippen LogP contribution in [-0.2, 0) is 6.54 Å². The van der Waals surface area contributed by atoms with Crippen molar-refractivity contribution in [1.29, 1.82) is 0 Å². The summed E-state index contributed by atoms with van der Waals surface area (Å²) in [4.78, 5) is 14.4. The average Bonchev–Trinajstić information content (AvgIpc) is 2.96. The van der Waals surface area contributed by atoms with E-state index in [1.54, 1.807) is 6.20 Å². The van der Waals surface area contributed by atoms with E-state index in [1.807, 2.05) is 16.9 Å². The van der Waals surface area contributed by atoms with Crippen LogP contribution in [0.3, 0.4) is 0 Å². The molecule has 2 aromatic heterocycles. The van der Waals surface area contributed by atoms with E-state index in [0.29, 0.717) is 17.3 Å². The number of aromatic amines is 1. The van der Waals surface area contributed by atoms with Crippen LogP contribution in [-0.4, -0.2) is 27.2 Å². The van der Waals surface area contributed by atoms with Crippen LogP contribution in [0.1, 0.15) is 16.9 Å². The van der Waals surface area contributed by atoms with Crippen molar-refractivity contribution in [2.75, 3.05) is 6.54 Å². The molecule has 0 atom stereocenters. The Morgan fingerprint density at radius 2 is 2.33 bits per heavy atom. The highest BCUT2D eigenvalue weighted by Gasteiger charge is 2.10. The van der Waals surface area contributed by atoms with Crippen LogP contribution >= 0.6 is 23.2 Å². The average molecular weight is 287 g/mol. The Morgan fingerprint density at radius 1 is 1.50 bits per heavy atom. The van der Waals surface area contributed by atoms with Gasteiger partial charge in [-0.1, -0.05) is 23.2 Å². The molecule has 0 saturated carbocycles. The van der Waals surface area contributed by atoms with Gasteiger partial charge in [-0.15, -0.1) is 0 Å². The molecule has 0 spiro atoms. The zero-order valence-corrected chi connectivity index (χ0v) is 11.0. The van der Waals surface area contributed by atoms with Crippen molar-refractivity contribution in [2.45, 2.75) is 13.0 Å². The van der Waals surface area contributed by atoms with E-state index < -0.39 is 0 Å². The minimum Gasteiger partial charge on any atom is -0.351 e. The summed E-state index contributed by atoms with van der Waals surface area (Å²) in [6.45, 7) is 1.33. The Bertz CT molecular complexity index is 502. The van der Waals surface area contributed by atoms with Crippen molar-refractivity contribution >= 4 is 29.1 Å². The van der Waals surface area contributed by atoms with Gasteiger partial charge in [0.1, 0.15) is 10.8 Å². The molecular weight excluding hydrogens is 275 g/mol. The second-order valence-electron chi connectivity index (χ2n) is 3.72. The first-order valence-electron chi connectivity index (χ1n) is 5.46. The second kappa shape index (κ2) is 5.93. The summed E-state index contributed by atoms with van der Waals surface area (Å²) in [5.41, 5.74) is 0.365. The van der Waals surface area contributed by atoms with Crippen LogP contribution in [0.15, 0.2) is 24.5 Å². The Balaban J connectivity index is 1.75. The van der Waals surface area contributed by atoms with Crippen molar-refractivity contribution < 1.29 is 4.79 Å². The molecule has 0 radical (unpaired) electrons. The molecule has 5 nitrogen and oxygen atoms in total. The lowest BCUT2D eigenvalue weighted by Crippen LogP contribution is -2.25. The monoisotopic (exact) mass is 286 g/mol. The van der Waals surface area contributed by atoms with Crippen LogP contribution in [0.4, 0.5) is 0 Å². The summed E-state index contributed by atoms with van der Waals surface area (Å²) < 4.78 is 1.81. The van der Waals surface area contributed by atoms with E-state index in [2.05, 4.69) is 15.4 Å². The normalized spacial score (nSPS) is 10.6. The summed E-state index contributed by atoms with van der Waals surface area (Å²) in [5, 5.41) is 7.46. The number of hydrogen-bond donors (Lipinski definition) is 2. The van der Waals surface area contributed by atoms with Crippen LogP contribution in [0, 0.1) is 0 Å². The molecule has 2 heterocycles. The van der Waals surface area contributed by atoms with Gasteiger partial charge in [0.05, 0.1) is 5.02 Å². The fraction of sp³-hybridized carbons (Fsp3) is 0.273. The number of aryl methyl sites for hydroxylation is 1. The number of aromatic nitrogens is 3. The lowest BCUT2D eigenvalue weighted by molar-refractivity contribution is 0.0948. The molecule has 1 amide bonds. The molecule has 0 unspecified atom stereocenters. The highest BCUT2D eigenvalue weighted by Crippen LogP contribution is 2.21. The predicted octanol–water partition coefficient (Wildman–Crippen LogP) is 2.34. The molecule has 0 aliphatic carbocycles. The van der Waals surface area contributed by atoms with Gasteiger partial charge in [-0.25, -0.2) is 0 Å². The van der Waals surface area contributed by atoms with Gasteiger partial charge in [-0.3, -0.25) is 9.48 Å². The maximum absolute atomic E-state index is 11.7. The van der Waals surface area contributed by atoms with E-state index in [-0.39, 0.29) is 11.1 Å². The third-order valence-corrected chi connectivity index (χ3v) is 3.07. The number of nitrogens with zero attached hydrogens (tertiary/aromatic N) is 2. The minimum absolute atomic E-state index is 0.218. The van der Waals surface area contributed by atoms with Gasteiger partial charge in [0.15, 0.2) is 0 Å². The summed E-state index contributed by atoms with van der Waals surface area (Å²) in [6.07, 6.45) is 4.41. The van der Waals surface area contributed by atoms with Crippen molar-refractivity contribution in [2.24, 2.45) is 0 Å². The number of carbonyl (C=O) groups excluding carboxylic acids is 1. The number of rotatable bonds is 5. The molecule has 7 heteroatoms. The molecule has 18 heavy (non-hydrogen) atoms. The third-order valence-electron chi connectivity index (χ3n) is 2.38. The minimum atomic E-state index is -0.218. The third kappa shape index (κ3) is 3.27. The molecule has 2 aromatic rings. The van der Waals surface area contributed by atoms with E-state index in [1.165, 1.54) is 6.07 Å². The summed E-state index contributed by atoms with van der Waals surface area (Å²) in [5.74, 6) is -0.218. The lowest BCUT2D eigenvalue weighted by Gasteiger charge is -2.04. The maximum Gasteiger partial charge on any atom is 0.267 e. The first kappa shape index (κ1) is 13.0. The van der Waals surface area contributed by atoms with Crippen LogP contribution in [0.2, 0.25) is 10.2 Å². The van der Waals surface area contributed by atoms with Gasteiger partial charge in [0.2, 0.25) is 0 Å². The van der Waals surface area contributed by atoms with Gasteiger partial charge in [-0.05, 0) is 18.6 Å². The molecule has 0 aliphatic heterocycles. The molecule has 96 valence electrons. The summed E-state index contributed by atoms with van der Waals surface area (Å²) in [6, 6.07) is 3.37. The van der Waals surface area contributed by atoms with E-state index in [9.17, 15) is 4.79 Å². The van der Waals surface area contributed by atoms with Crippen molar-refractivity contribution in [3.05, 3.63) is 40.4 Å². The molecule has 0 bridgehead atoms. The molecular formula is C11H12Cl2N4O. The fourth-order valence-electron chi connectivity index (χ4n) is 1.50. The molecule has 0 fully saturated rings. The zero-order chi connectivity index (χ0) is 13.0. The Kier molecular flexibility index (Phi) is 4.28. The SMILES string of the molecule is O=C(NCCCn1cccn1)c1cc(Cl)c(Cl)[nH]1. The summed E-state index contributed by atoms with van der Waals surface area (Å²) >= 11 is 11.5. The molecule has 0 aromatic carbocycles. The number of amides is 1. The van der Waals surface area contributed by atoms with E-state index in [0.717, 1.165) is 13.0 Å². The van der Waals surface area contributed by atoms with Crippen molar-refractivity contribution in [1.82, 2.24) is 20.1 Å². The zero-order valence-electron chi connectivity index (χ0n) is 9.49. The topological polar surface area (TPSA) is 62.7 Å². The van der Waals surface area contributed by atoms with Gasteiger partial charge < -0.3 is 10.3 Å². The number of halogens is 2. The number of H-pyrrole nitrogens is 1. The Hall–Kier alpha value is -1.46. The Morgan fingerprint density at radius 3 is 2.94 bits per heavy atom. The fourth-order valence-corrected chi connectivity index (χ4v) is 1.81. The summed E-state index contributed by atoms with van der Waals surface area (Å²) in [7, 11) is 0. The van der Waals surface area contributed by atoms with Crippen LogP contribution in [0.25, 0.3) is 0 Å². The smallest absolute Gasteiger partial charge is 0.267 e. The van der Waals surface area contributed by atoms with Crippen molar-refractivity contribution in [3.63, 3.8) is 0 Å². The van der Waals surface area contributed by atoms with E-state index >= 15 is 0 Å². The predicted molar refractivity (Wildman–Crippen MR) is 70.0 cm³/mol. The van der Waals surface area contributed by atoms with Crippen molar-refractivity contribution in [3.8, 4) is 0 Å². The van der Waals surface area contributed by atoms with Crippen LogP contribution in [0.5, 0.6) is 0 Å². The highest BCUT2D eigenvalue weighted by atomic mass is 35.5. The van der Waals surface area contributed by atoms with E-state index in [4.69, 9.17) is 23.2 Å². The van der Waals surface area contributed by atoms with Gasteiger partial charge in [-0.2, -0.15) is 5.10 Å². The first-order chi connectivity index (χ1) is 8.66. The Labute approximate surface area is 114 Å². The van der Waals surface area contributed by atoms with Gasteiger partial charge >= 0.3 is 0 Å². The van der Waals surface area contributed by atoms with Crippen LogP contribution < -0.4 is 5.32 Å². The van der Waals surface area contributed by atoms with Gasteiger partial charge in [0, 0.05) is 25.5 Å². The second-order valence-corrected chi connectivity index (χ2v) is 4.51. The molecule has 2 rings (SSSR count). The molecule has 2 N–H and O–H groups in total. The highest BCUT2D eigenvalue weighted by molar-refractivity contribution is 6.41. The molecule has 0 aliphatic rings. The largest absolute Gasteiger partial charge is 0.351 e. The molecule has 0 saturated heterocycles. The quantitative estimate of drug-likeness (QED) is 0.829. The lowest BCUT2D eigenvalue weighted by atomic mass is 10.3. The maximum atomic E-state index is 11.7. The number of hydrogen-bond acceptors (Lipinski definition) is 2. The number of carbonyl (C=O) groups is 1. The number of nitrogens with one attached hydrogen (secondary N) is 2. The standard InChI is InChI=1S/C11H12Cl2N4O/c12-8-7-9(16-10(8)13)11(18)14-3-1-5-17-6-2-4-15-17/h2,4,6-7,16H,1,3,5H2,(H,14,18). The first-order valence-corrected chi connectivity index (χ1v) is 6.22. The van der Waals surface area contributed by atoms with Gasteiger partial charge in [0.25, 0.3) is 5.91 Å².